The Morgan fingerprint density at radius 3 is 2.62 bits per heavy atom. The molecular weight excluding hydrogens is 395 g/mol. The number of carbonyl (C=O) groups is 3. The van der Waals surface area contributed by atoms with Crippen molar-refractivity contribution < 1.29 is 29.0 Å². The number of ether oxygens (including phenoxy) is 2. The maximum absolute atomic E-state index is 12.6. The van der Waals surface area contributed by atoms with E-state index in [2.05, 4.69) is 19.1 Å². The van der Waals surface area contributed by atoms with Crippen LogP contribution in [0.2, 0.25) is 0 Å². The van der Waals surface area contributed by atoms with Crippen molar-refractivity contribution in [3.05, 3.63) is 23.8 Å². The van der Waals surface area contributed by atoms with E-state index in [9.17, 15) is 19.5 Å². The van der Waals surface area contributed by atoms with E-state index in [0.29, 0.717) is 12.8 Å². The highest BCUT2D eigenvalue weighted by Gasteiger charge is 2.49. The fourth-order valence-electron chi connectivity index (χ4n) is 5.56. The fourth-order valence-corrected chi connectivity index (χ4v) is 5.56. The molecule has 0 aromatic carbocycles. The van der Waals surface area contributed by atoms with E-state index in [1.54, 1.807) is 6.08 Å². The molecule has 0 aromatic rings. The van der Waals surface area contributed by atoms with Crippen LogP contribution in [0.3, 0.4) is 0 Å². The quantitative estimate of drug-likeness (QED) is 0.317. The highest BCUT2D eigenvalue weighted by atomic mass is 16.7. The summed E-state index contributed by atoms with van der Waals surface area (Å²) in [6.45, 7) is 5.74. The maximum Gasteiger partial charge on any atom is 0.341 e. The molecule has 6 heteroatoms. The largest absolute Gasteiger partial charge is 0.461 e. The number of ketones is 1. The number of fused-ring (bicyclic) bond motifs is 5. The molecule has 5 rings (SSSR count). The summed E-state index contributed by atoms with van der Waals surface area (Å²) >= 11 is 0. The molecule has 3 aliphatic carbocycles. The van der Waals surface area contributed by atoms with Crippen molar-refractivity contribution in [1.29, 1.82) is 0 Å². The van der Waals surface area contributed by atoms with Crippen LogP contribution in [0.25, 0.3) is 0 Å². The number of rotatable bonds is 2. The van der Waals surface area contributed by atoms with Crippen LogP contribution >= 0.6 is 0 Å². The summed E-state index contributed by atoms with van der Waals surface area (Å²) in [6, 6.07) is 0. The summed E-state index contributed by atoms with van der Waals surface area (Å²) < 4.78 is 11.2. The second-order valence-corrected chi connectivity index (χ2v) is 9.50. The number of aliphatic hydroxyl groups is 1. The van der Waals surface area contributed by atoms with Gasteiger partial charge in [-0.3, -0.25) is 9.59 Å². The Hall–Kier alpha value is -1.95. The van der Waals surface area contributed by atoms with Crippen molar-refractivity contribution in [1.82, 2.24) is 0 Å². The molecule has 29 heavy (non-hydrogen) atoms. The molecule has 2 heterocycles. The third-order valence-electron chi connectivity index (χ3n) is 7.02. The third-order valence-corrected chi connectivity index (χ3v) is 7.02. The summed E-state index contributed by atoms with van der Waals surface area (Å²) in [6.07, 6.45) is 6.49. The van der Waals surface area contributed by atoms with E-state index in [4.69, 9.17) is 9.47 Å². The van der Waals surface area contributed by atoms with Gasteiger partial charge in [0.05, 0.1) is 17.6 Å². The fraction of sp³-hybridized carbons (Fsp3) is 0.696. The van der Waals surface area contributed by atoms with Crippen molar-refractivity contribution >= 4 is 17.7 Å². The zero-order valence-electron chi connectivity index (χ0n) is 17.2. The predicted octanol–water partition coefficient (Wildman–Crippen LogP) is 2.59. The molecule has 0 amide bonds. The lowest BCUT2D eigenvalue weighted by Gasteiger charge is -2.39. The molecule has 1 saturated heterocycles. The highest BCUT2D eigenvalue weighted by molar-refractivity contribution is 6.18. The Morgan fingerprint density at radius 1 is 1.17 bits per heavy atom. The molecule has 0 unspecified atom stereocenters. The second-order valence-electron chi connectivity index (χ2n) is 9.50. The first-order valence-corrected chi connectivity index (χ1v) is 10.8. The van der Waals surface area contributed by atoms with Crippen molar-refractivity contribution in [3.63, 3.8) is 0 Å². The van der Waals surface area contributed by atoms with Crippen LogP contribution in [0.15, 0.2) is 23.8 Å². The molecule has 5 aliphatic rings. The van der Waals surface area contributed by atoms with Crippen molar-refractivity contribution in [3.8, 4) is 0 Å². The Bertz CT molecular complexity index is 745. The molecule has 1 saturated carbocycles. The first-order chi connectivity index (χ1) is 13.7. The first kappa shape index (κ1) is 20.3. The van der Waals surface area contributed by atoms with Gasteiger partial charge in [-0.1, -0.05) is 39.0 Å². The normalized spacial score (nSPS) is 41.5. The van der Waals surface area contributed by atoms with Crippen LogP contribution in [0.4, 0.5) is 0 Å². The van der Waals surface area contributed by atoms with E-state index in [1.165, 1.54) is 0 Å². The lowest BCUT2D eigenvalue weighted by atomic mass is 10.7. The van der Waals surface area contributed by atoms with Gasteiger partial charge in [-0.2, -0.15) is 0 Å². The van der Waals surface area contributed by atoms with Gasteiger partial charge >= 0.3 is 11.9 Å². The Labute approximate surface area is 171 Å². The van der Waals surface area contributed by atoms with Gasteiger partial charge in [-0.15, -0.1) is 0 Å². The molecule has 158 valence electrons. The molecule has 2 bridgehead atoms. The first-order valence-electron chi connectivity index (χ1n) is 10.8. The smallest absolute Gasteiger partial charge is 0.341 e. The van der Waals surface area contributed by atoms with E-state index < -0.39 is 18.2 Å². The maximum atomic E-state index is 12.6. The average molecular weight is 425 g/mol. The molecule has 8 atom stereocenters. The van der Waals surface area contributed by atoms with Crippen molar-refractivity contribution in [2.45, 2.75) is 64.8 Å². The SMILES string of the molecule is [13CH3][13CH]([13CH3])[13C](=O)O[13C@H]1[13C@@H]2[13CH]=[13CH][13C@H]3[13CH2][13C@H](O)[13CH2][13C@H]4[13CH2][13C](=O)[13C](=[13CH][13C@H]3[13C@@H]2[13CH2][13C@H]1[13CH3])[13C](=O)O4. The van der Waals surface area contributed by atoms with Gasteiger partial charge < -0.3 is 14.6 Å². The van der Waals surface area contributed by atoms with Crippen molar-refractivity contribution in [2.24, 2.45) is 35.5 Å². The lowest BCUT2D eigenvalue weighted by Crippen LogP contribution is -2.40. The zero-order valence-corrected chi connectivity index (χ0v) is 17.2. The summed E-state index contributed by atoms with van der Waals surface area (Å²) in [5.74, 6) is -0.775. The summed E-state index contributed by atoms with van der Waals surface area (Å²) in [5, 5.41) is 10.6. The van der Waals surface area contributed by atoms with Crippen LogP contribution in [-0.4, -0.2) is 41.1 Å². The number of esters is 2. The molecule has 2 aliphatic heterocycles. The van der Waals surface area contributed by atoms with E-state index in [1.807, 2.05) is 13.8 Å². The number of allylic oxidation sites excluding steroid dienone is 2. The van der Waals surface area contributed by atoms with Gasteiger partial charge in [-0.25, -0.2) is 4.79 Å². The van der Waals surface area contributed by atoms with E-state index in [0.717, 1.165) is 6.42 Å². The molecule has 2 fully saturated rings. The number of aliphatic hydroxyl groups excluding tert-OH is 1. The molecule has 1 N–H and O–H groups in total. The monoisotopic (exact) mass is 425 g/mol. The number of carbonyl (C=O) groups excluding carboxylic acids is 3. The van der Waals surface area contributed by atoms with Crippen LogP contribution in [-0.2, 0) is 23.9 Å². The number of hydrogen-bond donors (Lipinski definition) is 1. The van der Waals surface area contributed by atoms with Gasteiger partial charge in [0, 0.05) is 18.8 Å². The average Bonchev–Trinajstić information content (AvgIpc) is 2.94. The van der Waals surface area contributed by atoms with Gasteiger partial charge in [0.1, 0.15) is 12.2 Å². The van der Waals surface area contributed by atoms with Gasteiger partial charge in [-0.05, 0) is 36.5 Å². The Kier molecular flexibility index (Phi) is 5.40. The van der Waals surface area contributed by atoms with Gasteiger partial charge in [0.25, 0.3) is 0 Å². The summed E-state index contributed by atoms with van der Waals surface area (Å²) in [5.41, 5.74) is 0.150. The van der Waals surface area contributed by atoms with Crippen LogP contribution < -0.4 is 0 Å². The van der Waals surface area contributed by atoms with Gasteiger partial charge in [0.2, 0.25) is 0 Å². The molecular formula is C23H30O6. The highest BCUT2D eigenvalue weighted by Crippen LogP contribution is 2.50. The number of hydrogen-bond acceptors (Lipinski definition) is 6. The summed E-state index contributed by atoms with van der Waals surface area (Å²) in [7, 11) is 0. The van der Waals surface area contributed by atoms with Gasteiger partial charge in [0.15, 0.2) is 5.78 Å². The minimum atomic E-state index is -0.629. The van der Waals surface area contributed by atoms with E-state index >= 15 is 0 Å². The Morgan fingerprint density at radius 2 is 1.93 bits per heavy atom. The Balaban J connectivity index is 1.68. The van der Waals surface area contributed by atoms with Crippen LogP contribution in [0.5, 0.6) is 0 Å². The van der Waals surface area contributed by atoms with Crippen molar-refractivity contribution in [2.75, 3.05) is 0 Å². The predicted molar refractivity (Wildman–Crippen MR) is 104 cm³/mol. The van der Waals surface area contributed by atoms with Crippen LogP contribution in [0.1, 0.15) is 46.5 Å². The lowest BCUT2D eigenvalue weighted by molar-refractivity contribution is -0.156. The minimum Gasteiger partial charge on any atom is -0.461 e. The zero-order chi connectivity index (χ0) is 20.9. The third kappa shape index (κ3) is 3.79. The molecule has 6 nitrogen and oxygen atoms in total. The standard InChI is InChI=1S/C23H30O6/c1-11(2)22(26)29-21-12(3)6-18-16(21)5-4-13-7-14(24)8-15-9-20(25)19(10-17(13)18)23(27)28-15/h4-5,10-18,21,24H,6-9H2,1-3H3/t12-,13+,14+,15+,16-,17-,18-,21-/m1/s1/i1+1,2+1,3+1,4+1,5+1,6+1,7+1,8+1,9+1,10+1,11+1,12+1,13+1,14+1,15+1,16+1,17+1,18+1,19+1,20+1,21+1,22+1,23+1. The summed E-state index contributed by atoms with van der Waals surface area (Å²) in [4.78, 5) is 37.3. The number of Topliss-reactive ketones (excluding diaryl/α,β-unsaturated/α-hetero) is 1. The topological polar surface area (TPSA) is 89.9 Å². The second kappa shape index (κ2) is 7.71. The molecule has 0 radical (unpaired) electrons. The molecule has 0 aromatic heterocycles. The molecule has 0 spiro atoms. The minimum absolute atomic E-state index is 0.0467. The van der Waals surface area contributed by atoms with E-state index in [-0.39, 0.29) is 65.4 Å². The van der Waals surface area contributed by atoms with Crippen LogP contribution in [0, 0.1) is 35.5 Å².